The van der Waals surface area contributed by atoms with Crippen LogP contribution >= 0.6 is 12.6 Å². The third-order valence-corrected chi connectivity index (χ3v) is 6.58. The maximum Gasteiger partial charge on any atom is 0.122 e. The highest BCUT2D eigenvalue weighted by Crippen LogP contribution is 2.31. The van der Waals surface area contributed by atoms with Crippen LogP contribution in [0.1, 0.15) is 82.8 Å². The first kappa shape index (κ1) is 35.0. The number of rotatable bonds is 27. The van der Waals surface area contributed by atoms with E-state index in [2.05, 4.69) is 38.6 Å². The van der Waals surface area contributed by atoms with Gasteiger partial charge in [0.2, 0.25) is 0 Å². The van der Waals surface area contributed by atoms with Gasteiger partial charge in [-0.2, -0.15) is 12.6 Å². The van der Waals surface area contributed by atoms with Crippen LogP contribution in [0.2, 0.25) is 0 Å². The van der Waals surface area contributed by atoms with E-state index in [1.165, 1.54) is 62.5 Å². The number of thiol groups is 1. The third kappa shape index (κ3) is 18.3. The zero-order valence-corrected chi connectivity index (χ0v) is 25.7. The lowest BCUT2D eigenvalue weighted by Gasteiger charge is -2.16. The second-order valence-corrected chi connectivity index (χ2v) is 10.6. The van der Waals surface area contributed by atoms with Crippen molar-refractivity contribution >= 4 is 12.6 Å². The van der Waals surface area contributed by atoms with Gasteiger partial charge >= 0.3 is 0 Å². The van der Waals surface area contributed by atoms with Crippen LogP contribution in [0.25, 0.3) is 0 Å². The van der Waals surface area contributed by atoms with Crippen LogP contribution in [0.5, 0.6) is 11.5 Å². The van der Waals surface area contributed by atoms with Crippen LogP contribution in [-0.2, 0) is 31.8 Å². The molecule has 1 rings (SSSR count). The van der Waals surface area contributed by atoms with Crippen LogP contribution in [0.15, 0.2) is 12.1 Å². The topological polar surface area (TPSA) is 55.4 Å². The molecule has 0 aliphatic carbocycles. The Kier molecular flexibility index (Phi) is 23.1. The zero-order chi connectivity index (χ0) is 27.7. The zero-order valence-electron chi connectivity index (χ0n) is 24.8. The summed E-state index contributed by atoms with van der Waals surface area (Å²) in [6, 6.07) is 4.36. The lowest BCUT2D eigenvalue weighted by Crippen LogP contribution is -2.12. The number of benzene rings is 1. The molecule has 0 amide bonds. The lowest BCUT2D eigenvalue weighted by atomic mass is 9.97. The minimum absolute atomic E-state index is 0.592. The van der Waals surface area contributed by atoms with Gasteiger partial charge in [0.15, 0.2) is 0 Å². The Labute approximate surface area is 238 Å². The number of unbranched alkanes of at least 4 members (excludes halogenated alkanes) is 8. The summed E-state index contributed by atoms with van der Waals surface area (Å²) < 4.78 is 33.2. The monoisotopic (exact) mass is 556 g/mol. The molecule has 0 fully saturated rings. The molecule has 222 valence electrons. The molecule has 0 radical (unpaired) electrons. The summed E-state index contributed by atoms with van der Waals surface area (Å²) in [6.45, 7) is 9.67. The Balaban J connectivity index is 1.92. The van der Waals surface area contributed by atoms with Gasteiger partial charge in [-0.05, 0) is 54.9 Å². The van der Waals surface area contributed by atoms with E-state index >= 15 is 0 Å². The lowest BCUT2D eigenvalue weighted by molar-refractivity contribution is -0.000579. The Morgan fingerprint density at radius 1 is 0.553 bits per heavy atom. The van der Waals surface area contributed by atoms with Crippen molar-refractivity contribution in [2.75, 3.05) is 72.8 Å². The molecule has 0 atom stereocenters. The molecular formula is C31H56O6S. The normalized spacial score (nSPS) is 11.4. The SMILES string of the molecule is COc1cc(CC(C)C)c(OC)cc1CCCCCCCCCCCOCCOCCOCCOCCS. The summed E-state index contributed by atoms with van der Waals surface area (Å²) in [5, 5.41) is 0. The fraction of sp³-hybridized carbons (Fsp3) is 0.806. The van der Waals surface area contributed by atoms with Gasteiger partial charge < -0.3 is 28.4 Å². The van der Waals surface area contributed by atoms with Gasteiger partial charge in [0.25, 0.3) is 0 Å². The number of aryl methyl sites for hydroxylation is 1. The van der Waals surface area contributed by atoms with Gasteiger partial charge in [-0.3, -0.25) is 0 Å². The minimum Gasteiger partial charge on any atom is -0.496 e. The van der Waals surface area contributed by atoms with Gasteiger partial charge in [-0.15, -0.1) is 0 Å². The molecular weight excluding hydrogens is 500 g/mol. The van der Waals surface area contributed by atoms with E-state index in [1.807, 2.05) is 0 Å². The molecule has 0 unspecified atom stereocenters. The molecule has 0 saturated heterocycles. The molecule has 0 heterocycles. The van der Waals surface area contributed by atoms with Crippen LogP contribution in [0, 0.1) is 5.92 Å². The highest BCUT2D eigenvalue weighted by molar-refractivity contribution is 7.80. The number of hydrogen-bond acceptors (Lipinski definition) is 7. The molecule has 7 heteroatoms. The highest BCUT2D eigenvalue weighted by Gasteiger charge is 2.12. The van der Waals surface area contributed by atoms with E-state index in [4.69, 9.17) is 28.4 Å². The first-order chi connectivity index (χ1) is 18.6. The number of hydrogen-bond donors (Lipinski definition) is 1. The highest BCUT2D eigenvalue weighted by atomic mass is 32.1. The molecule has 0 aliphatic heterocycles. The van der Waals surface area contributed by atoms with Crippen LogP contribution in [0.3, 0.4) is 0 Å². The van der Waals surface area contributed by atoms with Crippen molar-refractivity contribution in [2.24, 2.45) is 5.92 Å². The molecule has 1 aromatic rings. The predicted molar refractivity (Wildman–Crippen MR) is 160 cm³/mol. The second-order valence-electron chi connectivity index (χ2n) is 10.2. The molecule has 0 N–H and O–H groups in total. The summed E-state index contributed by atoms with van der Waals surface area (Å²) in [7, 11) is 3.54. The molecule has 0 bridgehead atoms. The molecule has 1 aromatic carbocycles. The Morgan fingerprint density at radius 3 is 1.47 bits per heavy atom. The van der Waals surface area contributed by atoms with Gasteiger partial charge in [-0.1, -0.05) is 58.8 Å². The molecule has 0 spiro atoms. The summed E-state index contributed by atoms with van der Waals surface area (Å²) in [6.07, 6.45) is 13.5. The van der Waals surface area contributed by atoms with Crippen LogP contribution in [-0.4, -0.2) is 72.8 Å². The third-order valence-electron chi connectivity index (χ3n) is 6.40. The average Bonchev–Trinajstić information content (AvgIpc) is 2.91. The molecule has 6 nitrogen and oxygen atoms in total. The summed E-state index contributed by atoms with van der Waals surface area (Å²) in [4.78, 5) is 0. The van der Waals surface area contributed by atoms with Crippen molar-refractivity contribution in [2.45, 2.75) is 84.5 Å². The van der Waals surface area contributed by atoms with Crippen molar-refractivity contribution in [3.05, 3.63) is 23.3 Å². The quantitative estimate of drug-likeness (QED) is 0.0935. The number of methoxy groups -OCH3 is 2. The van der Waals surface area contributed by atoms with E-state index in [-0.39, 0.29) is 0 Å². The standard InChI is InChI=1S/C31H56O6S/c1-27(2)24-29-26-30(32-3)28(25-31(29)33-4)14-12-10-8-6-5-7-9-11-13-15-34-16-17-35-18-19-36-20-21-37-22-23-38/h25-27,38H,5-24H2,1-4H3. The van der Waals surface area contributed by atoms with Gasteiger partial charge in [0.05, 0.1) is 60.5 Å². The molecule has 0 saturated carbocycles. The number of ether oxygens (including phenoxy) is 6. The van der Waals surface area contributed by atoms with Crippen molar-refractivity contribution < 1.29 is 28.4 Å². The Hall–Kier alpha value is -0.990. The first-order valence-corrected chi connectivity index (χ1v) is 15.4. The van der Waals surface area contributed by atoms with E-state index in [9.17, 15) is 0 Å². The molecule has 38 heavy (non-hydrogen) atoms. The van der Waals surface area contributed by atoms with Crippen molar-refractivity contribution in [3.8, 4) is 11.5 Å². The maximum absolute atomic E-state index is 5.69. The van der Waals surface area contributed by atoms with E-state index in [0.29, 0.717) is 52.2 Å². The largest absolute Gasteiger partial charge is 0.496 e. The first-order valence-electron chi connectivity index (χ1n) is 14.8. The summed E-state index contributed by atoms with van der Waals surface area (Å²) in [5.74, 6) is 3.34. The van der Waals surface area contributed by atoms with E-state index in [0.717, 1.165) is 43.1 Å². The molecule has 0 aromatic heterocycles. The smallest absolute Gasteiger partial charge is 0.122 e. The fourth-order valence-electron chi connectivity index (χ4n) is 4.40. The second kappa shape index (κ2) is 25.0. The predicted octanol–water partition coefficient (Wildman–Crippen LogP) is 6.95. The minimum atomic E-state index is 0.592. The van der Waals surface area contributed by atoms with Crippen LogP contribution < -0.4 is 9.47 Å². The van der Waals surface area contributed by atoms with Crippen LogP contribution in [0.4, 0.5) is 0 Å². The van der Waals surface area contributed by atoms with Gasteiger partial charge in [-0.25, -0.2) is 0 Å². The van der Waals surface area contributed by atoms with E-state index in [1.54, 1.807) is 14.2 Å². The van der Waals surface area contributed by atoms with E-state index < -0.39 is 0 Å². The Morgan fingerprint density at radius 2 is 0.974 bits per heavy atom. The van der Waals surface area contributed by atoms with Crippen molar-refractivity contribution in [1.29, 1.82) is 0 Å². The van der Waals surface area contributed by atoms with Crippen molar-refractivity contribution in [3.63, 3.8) is 0 Å². The Bertz CT molecular complexity index is 670. The average molecular weight is 557 g/mol. The molecule has 0 aliphatic rings. The fourth-order valence-corrected chi connectivity index (χ4v) is 4.53. The maximum atomic E-state index is 5.69. The van der Waals surface area contributed by atoms with Gasteiger partial charge in [0, 0.05) is 12.4 Å². The summed E-state index contributed by atoms with van der Waals surface area (Å²) in [5.41, 5.74) is 2.50. The van der Waals surface area contributed by atoms with Crippen molar-refractivity contribution in [1.82, 2.24) is 0 Å². The summed E-state index contributed by atoms with van der Waals surface area (Å²) >= 11 is 4.09. The van der Waals surface area contributed by atoms with Gasteiger partial charge in [0.1, 0.15) is 11.5 Å².